The molecule has 124 valence electrons. The summed E-state index contributed by atoms with van der Waals surface area (Å²) in [6.07, 6.45) is 2.73. The molecule has 3 rings (SSSR count). The number of carbonyl (C=O) groups excluding carboxylic acids is 1. The quantitative estimate of drug-likeness (QED) is 0.742. The van der Waals surface area contributed by atoms with E-state index in [0.717, 1.165) is 16.5 Å². The largest absolute Gasteiger partial charge is 0.356 e. The van der Waals surface area contributed by atoms with Gasteiger partial charge in [-0.3, -0.25) is 9.48 Å². The van der Waals surface area contributed by atoms with Crippen molar-refractivity contribution >= 4 is 28.4 Å². The number of aryl methyl sites for hydroxylation is 1. The van der Waals surface area contributed by atoms with Crippen LogP contribution >= 0.6 is 11.6 Å². The highest BCUT2D eigenvalue weighted by atomic mass is 35.5. The van der Waals surface area contributed by atoms with Gasteiger partial charge in [0, 0.05) is 18.4 Å². The lowest BCUT2D eigenvalue weighted by atomic mass is 10.1. The second-order valence-electron chi connectivity index (χ2n) is 5.52. The minimum atomic E-state index is -0.255. The summed E-state index contributed by atoms with van der Waals surface area (Å²) >= 11 is 6.11. The number of fused-ring (bicyclic) bond motifs is 1. The van der Waals surface area contributed by atoms with Crippen molar-refractivity contribution in [2.45, 2.75) is 19.4 Å². The van der Waals surface area contributed by atoms with Crippen molar-refractivity contribution in [1.82, 2.24) is 15.1 Å². The SMILES string of the molecule is O=C(CCn1ncc2c(Cl)cccc21)NCCc1ccc(F)cc1. The van der Waals surface area contributed by atoms with Crippen LogP contribution in [0.15, 0.2) is 48.7 Å². The molecule has 0 saturated heterocycles. The molecule has 0 aliphatic carbocycles. The zero-order valence-corrected chi connectivity index (χ0v) is 13.8. The van der Waals surface area contributed by atoms with Gasteiger partial charge < -0.3 is 5.32 Å². The summed E-state index contributed by atoms with van der Waals surface area (Å²) in [6, 6.07) is 11.9. The van der Waals surface area contributed by atoms with Gasteiger partial charge in [0.2, 0.25) is 5.91 Å². The third kappa shape index (κ3) is 3.92. The zero-order valence-electron chi connectivity index (χ0n) is 13.0. The summed E-state index contributed by atoms with van der Waals surface area (Å²) in [4.78, 5) is 11.9. The molecule has 0 bridgehead atoms. The molecule has 0 radical (unpaired) electrons. The van der Waals surface area contributed by atoms with Crippen molar-refractivity contribution in [3.8, 4) is 0 Å². The monoisotopic (exact) mass is 345 g/mol. The number of rotatable bonds is 6. The zero-order chi connectivity index (χ0) is 16.9. The molecule has 0 aliphatic heterocycles. The molecule has 0 saturated carbocycles. The van der Waals surface area contributed by atoms with Gasteiger partial charge in [-0.2, -0.15) is 5.10 Å². The van der Waals surface area contributed by atoms with Gasteiger partial charge in [-0.05, 0) is 36.2 Å². The van der Waals surface area contributed by atoms with E-state index >= 15 is 0 Å². The van der Waals surface area contributed by atoms with E-state index in [-0.39, 0.29) is 11.7 Å². The maximum absolute atomic E-state index is 12.8. The fourth-order valence-electron chi connectivity index (χ4n) is 2.54. The van der Waals surface area contributed by atoms with Crippen molar-refractivity contribution < 1.29 is 9.18 Å². The van der Waals surface area contributed by atoms with Crippen LogP contribution in [0.1, 0.15) is 12.0 Å². The standard InChI is InChI=1S/C18H17ClFN3O/c19-16-2-1-3-17-15(16)12-22-23(17)11-9-18(24)21-10-8-13-4-6-14(20)7-5-13/h1-7,12H,8-11H2,(H,21,24). The predicted octanol–water partition coefficient (Wildman–Crippen LogP) is 3.58. The van der Waals surface area contributed by atoms with Gasteiger partial charge in [0.25, 0.3) is 0 Å². The lowest BCUT2D eigenvalue weighted by molar-refractivity contribution is -0.121. The second-order valence-corrected chi connectivity index (χ2v) is 5.92. The van der Waals surface area contributed by atoms with Gasteiger partial charge in [-0.1, -0.05) is 29.8 Å². The first-order valence-electron chi connectivity index (χ1n) is 7.74. The van der Waals surface area contributed by atoms with Crippen molar-refractivity contribution in [2.24, 2.45) is 0 Å². The topological polar surface area (TPSA) is 46.9 Å². The molecule has 1 aromatic heterocycles. The molecule has 0 fully saturated rings. The third-order valence-electron chi connectivity index (χ3n) is 3.83. The maximum Gasteiger partial charge on any atom is 0.221 e. The molecule has 0 atom stereocenters. The predicted molar refractivity (Wildman–Crippen MR) is 92.5 cm³/mol. The first kappa shape index (κ1) is 16.5. The van der Waals surface area contributed by atoms with Crippen LogP contribution in [0.4, 0.5) is 4.39 Å². The summed E-state index contributed by atoms with van der Waals surface area (Å²) in [6.45, 7) is 1.02. The minimum absolute atomic E-state index is 0.0391. The van der Waals surface area contributed by atoms with Crippen LogP contribution in [0, 0.1) is 5.82 Å². The number of hydrogen-bond acceptors (Lipinski definition) is 2. The molecular formula is C18H17ClFN3O. The number of benzene rings is 2. The van der Waals surface area contributed by atoms with Crippen LogP contribution in [0.2, 0.25) is 5.02 Å². The fraction of sp³-hybridized carbons (Fsp3) is 0.222. The van der Waals surface area contributed by atoms with E-state index in [9.17, 15) is 9.18 Å². The Morgan fingerprint density at radius 3 is 2.79 bits per heavy atom. The molecule has 2 aromatic carbocycles. The highest BCUT2D eigenvalue weighted by Crippen LogP contribution is 2.22. The summed E-state index contributed by atoms with van der Waals surface area (Å²) in [5.41, 5.74) is 1.91. The molecule has 6 heteroatoms. The van der Waals surface area contributed by atoms with E-state index in [1.165, 1.54) is 12.1 Å². The first-order valence-corrected chi connectivity index (χ1v) is 8.12. The fourth-order valence-corrected chi connectivity index (χ4v) is 2.76. The normalized spacial score (nSPS) is 10.9. The van der Waals surface area contributed by atoms with Gasteiger partial charge in [0.05, 0.1) is 23.3 Å². The Bertz CT molecular complexity index is 845. The molecule has 0 spiro atoms. The number of amides is 1. The van der Waals surface area contributed by atoms with Gasteiger partial charge in [-0.15, -0.1) is 0 Å². The maximum atomic E-state index is 12.8. The van der Waals surface area contributed by atoms with Crippen molar-refractivity contribution in [3.63, 3.8) is 0 Å². The number of nitrogens with zero attached hydrogens (tertiary/aromatic N) is 2. The number of carbonyl (C=O) groups is 1. The van der Waals surface area contributed by atoms with Gasteiger partial charge in [0.15, 0.2) is 0 Å². The van der Waals surface area contributed by atoms with Crippen molar-refractivity contribution in [3.05, 3.63) is 65.1 Å². The lowest BCUT2D eigenvalue weighted by Crippen LogP contribution is -2.26. The van der Waals surface area contributed by atoms with E-state index in [1.54, 1.807) is 23.0 Å². The molecule has 1 heterocycles. The Kier molecular flexibility index (Phi) is 5.11. The Morgan fingerprint density at radius 2 is 2.00 bits per heavy atom. The highest BCUT2D eigenvalue weighted by molar-refractivity contribution is 6.35. The summed E-state index contributed by atoms with van der Waals surface area (Å²) < 4.78 is 14.6. The Hall–Kier alpha value is -2.40. The number of aromatic nitrogens is 2. The van der Waals surface area contributed by atoms with Crippen LogP contribution in [0.3, 0.4) is 0 Å². The molecular weight excluding hydrogens is 329 g/mol. The first-order chi connectivity index (χ1) is 11.6. The summed E-state index contributed by atoms with van der Waals surface area (Å²) in [5.74, 6) is -0.294. The molecule has 0 aliphatic rings. The summed E-state index contributed by atoms with van der Waals surface area (Å²) in [5, 5.41) is 8.69. The lowest BCUT2D eigenvalue weighted by Gasteiger charge is -2.07. The third-order valence-corrected chi connectivity index (χ3v) is 4.16. The van der Waals surface area contributed by atoms with Crippen molar-refractivity contribution in [2.75, 3.05) is 6.54 Å². The average Bonchev–Trinajstić information content (AvgIpc) is 2.99. The van der Waals surface area contributed by atoms with Gasteiger partial charge >= 0.3 is 0 Å². The van der Waals surface area contributed by atoms with Crippen LogP contribution in [-0.2, 0) is 17.8 Å². The van der Waals surface area contributed by atoms with Crippen LogP contribution < -0.4 is 5.32 Å². The molecule has 1 amide bonds. The molecule has 4 nitrogen and oxygen atoms in total. The van der Waals surface area contributed by atoms with E-state index < -0.39 is 0 Å². The van der Waals surface area contributed by atoms with Crippen LogP contribution in [-0.4, -0.2) is 22.2 Å². The minimum Gasteiger partial charge on any atom is -0.356 e. The molecule has 24 heavy (non-hydrogen) atoms. The molecule has 0 unspecified atom stereocenters. The smallest absolute Gasteiger partial charge is 0.221 e. The van der Waals surface area contributed by atoms with E-state index in [1.807, 2.05) is 18.2 Å². The molecule has 3 aromatic rings. The number of hydrogen-bond donors (Lipinski definition) is 1. The highest BCUT2D eigenvalue weighted by Gasteiger charge is 2.07. The number of nitrogens with one attached hydrogen (secondary N) is 1. The van der Waals surface area contributed by atoms with Crippen LogP contribution in [0.25, 0.3) is 10.9 Å². The summed E-state index contributed by atoms with van der Waals surface area (Å²) in [7, 11) is 0. The number of halogens is 2. The average molecular weight is 346 g/mol. The van der Waals surface area contributed by atoms with Crippen LogP contribution in [0.5, 0.6) is 0 Å². The van der Waals surface area contributed by atoms with E-state index in [2.05, 4.69) is 10.4 Å². The molecule has 1 N–H and O–H groups in total. The van der Waals surface area contributed by atoms with E-state index in [0.29, 0.717) is 31.0 Å². The Morgan fingerprint density at radius 1 is 1.21 bits per heavy atom. The van der Waals surface area contributed by atoms with Gasteiger partial charge in [0.1, 0.15) is 5.82 Å². The Balaban J connectivity index is 1.48. The van der Waals surface area contributed by atoms with Gasteiger partial charge in [-0.25, -0.2) is 4.39 Å². The second kappa shape index (κ2) is 7.45. The van der Waals surface area contributed by atoms with E-state index in [4.69, 9.17) is 11.6 Å². The van der Waals surface area contributed by atoms with Crippen molar-refractivity contribution in [1.29, 1.82) is 0 Å². The Labute approximate surface area is 144 Å².